The van der Waals surface area contributed by atoms with E-state index in [0.717, 1.165) is 54.1 Å². The second-order valence-electron chi connectivity index (χ2n) is 14.2. The van der Waals surface area contributed by atoms with Crippen molar-refractivity contribution in [1.29, 1.82) is 0 Å². The Morgan fingerprint density at radius 3 is 2.43 bits per heavy atom. The van der Waals surface area contributed by atoms with Crippen molar-refractivity contribution >= 4 is 29.6 Å². The number of carbonyl (C=O) groups excluding carboxylic acids is 3. The van der Waals surface area contributed by atoms with Gasteiger partial charge in [0, 0.05) is 19.5 Å². The van der Waals surface area contributed by atoms with Crippen LogP contribution in [0.5, 0.6) is 0 Å². The van der Waals surface area contributed by atoms with E-state index in [9.17, 15) is 24.5 Å². The van der Waals surface area contributed by atoms with Crippen LogP contribution in [0.2, 0.25) is 0 Å². The Morgan fingerprint density at radius 2 is 1.74 bits per heavy atom. The zero-order valence-corrected chi connectivity index (χ0v) is 27.0. The molecule has 14 heteroatoms. The lowest BCUT2D eigenvalue weighted by Crippen LogP contribution is -2.58. The van der Waals surface area contributed by atoms with E-state index in [1.54, 1.807) is 22.6 Å². The lowest BCUT2D eigenvalue weighted by atomic mass is 9.49. The summed E-state index contributed by atoms with van der Waals surface area (Å²) < 4.78 is 5.80. The van der Waals surface area contributed by atoms with E-state index in [4.69, 9.17) is 15.3 Å². The first kappa shape index (κ1) is 33.0. The number of hydrogen-bond donors (Lipinski definition) is 2. The van der Waals surface area contributed by atoms with Crippen LogP contribution in [0.3, 0.4) is 0 Å². The molecule has 0 spiro atoms. The summed E-state index contributed by atoms with van der Waals surface area (Å²) in [6.07, 6.45) is 12.2. The topological polar surface area (TPSA) is 173 Å². The molecule has 7 rings (SSSR count). The van der Waals surface area contributed by atoms with Gasteiger partial charge in [0.2, 0.25) is 5.91 Å². The van der Waals surface area contributed by atoms with Crippen molar-refractivity contribution in [2.75, 3.05) is 26.2 Å². The number of nitrogens with one attached hydrogen (secondary N) is 1. The number of nitrogens with zero attached hydrogens (tertiary/aromatic N) is 5. The number of aliphatic imine (C=N–C) groups is 1. The molecule has 1 aromatic rings. The molecule has 3 N–H and O–H groups in total. The summed E-state index contributed by atoms with van der Waals surface area (Å²) in [5.74, 6) is 1.39. The van der Waals surface area contributed by atoms with E-state index in [-0.39, 0.29) is 30.4 Å². The van der Waals surface area contributed by atoms with E-state index < -0.39 is 23.1 Å². The molecule has 14 nitrogen and oxygen atoms in total. The number of rotatable bonds is 10. The van der Waals surface area contributed by atoms with Crippen molar-refractivity contribution in [1.82, 2.24) is 20.5 Å². The summed E-state index contributed by atoms with van der Waals surface area (Å²) >= 11 is 0. The predicted molar refractivity (Wildman–Crippen MR) is 171 cm³/mol. The van der Waals surface area contributed by atoms with Gasteiger partial charge in [0.15, 0.2) is 5.03 Å². The van der Waals surface area contributed by atoms with Gasteiger partial charge in [0.05, 0.1) is 18.8 Å². The number of benzene rings is 1. The number of guanidine groups is 1. The minimum atomic E-state index is -0.782. The van der Waals surface area contributed by atoms with E-state index >= 15 is 0 Å². The van der Waals surface area contributed by atoms with Crippen LogP contribution in [0.25, 0.3) is 0 Å². The first-order chi connectivity index (χ1) is 22.7. The fourth-order valence-corrected chi connectivity index (χ4v) is 9.14. The standard InChI is InChI=1S/C33H47N7O7/c34-31(36-40(44)45)35-27-10-8-23(9-11-27)5-3-15-38(47-30(42)28-6-4-14-37-13-2-1-7-29(41)39(28)37)32(43)46-16-12-33-20-24-17-25(21-33)19-26(18-24)22-33/h8-11,24-26,28H,1-7,12-22H2,(H3,34,35,36)/t24?,25?,26?,28-,33?/m0/s1. The van der Waals surface area contributed by atoms with Gasteiger partial charge in [-0.15, -0.1) is 5.06 Å². The Morgan fingerprint density at radius 1 is 1.06 bits per heavy atom. The highest BCUT2D eigenvalue weighted by atomic mass is 16.8. The number of aryl methyl sites for hydroxylation is 1. The number of fused-ring (bicyclic) bond motifs is 1. The third-order valence-corrected chi connectivity index (χ3v) is 10.7. The van der Waals surface area contributed by atoms with Gasteiger partial charge in [-0.05, 0) is 124 Å². The molecule has 0 radical (unpaired) electrons. The van der Waals surface area contributed by atoms with E-state index in [1.165, 1.54) is 38.5 Å². The van der Waals surface area contributed by atoms with Crippen LogP contribution in [-0.2, 0) is 25.6 Å². The van der Waals surface area contributed by atoms with Gasteiger partial charge in [-0.1, -0.05) is 17.6 Å². The molecule has 6 fully saturated rings. The molecule has 47 heavy (non-hydrogen) atoms. The van der Waals surface area contributed by atoms with E-state index in [0.29, 0.717) is 44.5 Å². The van der Waals surface area contributed by atoms with Crippen molar-refractivity contribution in [3.63, 3.8) is 0 Å². The molecule has 0 unspecified atom stereocenters. The molecule has 256 valence electrons. The zero-order valence-electron chi connectivity index (χ0n) is 27.0. The van der Waals surface area contributed by atoms with E-state index in [1.807, 2.05) is 17.1 Å². The predicted octanol–water partition coefficient (Wildman–Crippen LogP) is 4.24. The van der Waals surface area contributed by atoms with E-state index in [2.05, 4.69) is 4.99 Å². The van der Waals surface area contributed by atoms with Crippen LogP contribution < -0.4 is 11.2 Å². The second-order valence-corrected chi connectivity index (χ2v) is 14.2. The Kier molecular flexibility index (Phi) is 10.1. The van der Waals surface area contributed by atoms with Crippen molar-refractivity contribution in [3.8, 4) is 0 Å². The molecule has 2 amide bonds. The van der Waals surface area contributed by atoms with Gasteiger partial charge in [-0.2, -0.15) is 0 Å². The minimum Gasteiger partial charge on any atom is -0.447 e. The van der Waals surface area contributed by atoms with Crippen LogP contribution in [0, 0.1) is 33.3 Å². The second kappa shape index (κ2) is 14.4. The monoisotopic (exact) mass is 653 g/mol. The number of amides is 2. The van der Waals surface area contributed by atoms with Crippen LogP contribution in [-0.4, -0.2) is 76.3 Å². The van der Waals surface area contributed by atoms with Gasteiger partial charge in [0.25, 0.3) is 5.96 Å². The van der Waals surface area contributed by atoms with Crippen LogP contribution in [0.1, 0.15) is 89.0 Å². The molecular weight excluding hydrogens is 606 g/mol. The maximum atomic E-state index is 13.6. The number of nitro groups is 1. The zero-order chi connectivity index (χ0) is 33.0. The van der Waals surface area contributed by atoms with Crippen molar-refractivity contribution in [2.24, 2.45) is 33.9 Å². The molecule has 2 saturated heterocycles. The molecule has 0 aromatic heterocycles. The molecule has 2 aliphatic heterocycles. The molecule has 1 aromatic carbocycles. The molecule has 4 bridgehead atoms. The van der Waals surface area contributed by atoms with Gasteiger partial charge >= 0.3 is 12.1 Å². The molecule has 4 saturated carbocycles. The summed E-state index contributed by atoms with van der Waals surface area (Å²) in [5.41, 5.74) is 8.97. The lowest BCUT2D eigenvalue weighted by molar-refractivity contribution is -0.525. The summed E-state index contributed by atoms with van der Waals surface area (Å²) in [6.45, 7) is 1.84. The van der Waals surface area contributed by atoms with Gasteiger partial charge in [0.1, 0.15) is 6.04 Å². The number of hydroxylamine groups is 2. The van der Waals surface area contributed by atoms with Crippen molar-refractivity contribution in [2.45, 2.75) is 95.9 Å². The molecule has 6 aliphatic rings. The SMILES string of the molecule is NC(=Nc1ccc(CCCN(OC(=O)[C@@H]2CCCN3CCCCC(=O)N23)C(=O)OCCC23CC4CC(CC(C4)C2)C3)cc1)N[N+](=O)[O-]. The summed E-state index contributed by atoms with van der Waals surface area (Å²) in [4.78, 5) is 60.3. The summed E-state index contributed by atoms with van der Waals surface area (Å²) in [5, 5.41) is 14.3. The Labute approximate surface area is 275 Å². The summed E-state index contributed by atoms with van der Waals surface area (Å²) in [6, 6.07) is 6.24. The third-order valence-electron chi connectivity index (χ3n) is 10.7. The van der Waals surface area contributed by atoms with Gasteiger partial charge in [-0.3, -0.25) is 9.80 Å². The highest BCUT2D eigenvalue weighted by Crippen LogP contribution is 2.61. The minimum absolute atomic E-state index is 0.0856. The highest BCUT2D eigenvalue weighted by molar-refractivity contribution is 5.85. The quantitative estimate of drug-likeness (QED) is 0.161. The smallest absolute Gasteiger partial charge is 0.443 e. The van der Waals surface area contributed by atoms with Gasteiger partial charge in [-0.25, -0.2) is 29.7 Å². The number of ether oxygens (including phenoxy) is 1. The number of hydrazine groups is 2. The third kappa shape index (κ3) is 8.14. The average Bonchev–Trinajstić information content (AvgIpc) is 3.21. The molecule has 4 aliphatic carbocycles. The number of hydrogen-bond acceptors (Lipinski definition) is 9. The van der Waals surface area contributed by atoms with Crippen LogP contribution in [0.4, 0.5) is 10.5 Å². The van der Waals surface area contributed by atoms with Crippen LogP contribution >= 0.6 is 0 Å². The normalized spacial score (nSPS) is 28.7. The average molecular weight is 654 g/mol. The highest BCUT2D eigenvalue weighted by Gasteiger charge is 2.50. The Bertz CT molecular complexity index is 1320. The van der Waals surface area contributed by atoms with Crippen molar-refractivity contribution in [3.05, 3.63) is 39.9 Å². The van der Waals surface area contributed by atoms with Crippen LogP contribution in [0.15, 0.2) is 29.3 Å². The largest absolute Gasteiger partial charge is 0.447 e. The first-order valence-corrected chi connectivity index (χ1v) is 17.2. The fourth-order valence-electron chi connectivity index (χ4n) is 9.14. The molecule has 1 atom stereocenters. The number of carbonyl (C=O) groups is 3. The maximum absolute atomic E-state index is 13.6. The number of nitrogens with two attached hydrogens (primary N) is 1. The Hall–Kier alpha value is -3.94. The molecule has 2 heterocycles. The summed E-state index contributed by atoms with van der Waals surface area (Å²) in [7, 11) is 0. The lowest BCUT2D eigenvalue weighted by Gasteiger charge is -2.57. The first-order valence-electron chi connectivity index (χ1n) is 17.2. The molecular formula is C33H47N7O7. The maximum Gasteiger partial charge on any atom is 0.443 e. The van der Waals surface area contributed by atoms with Crippen molar-refractivity contribution < 1.29 is 29.0 Å². The Balaban J connectivity index is 1.08. The fraction of sp³-hybridized carbons (Fsp3) is 0.697. The van der Waals surface area contributed by atoms with Gasteiger partial charge < -0.3 is 15.3 Å².